The fourth-order valence-corrected chi connectivity index (χ4v) is 1.58. The van der Waals surface area contributed by atoms with Crippen LogP contribution in [0.3, 0.4) is 0 Å². The minimum atomic E-state index is -0.437. The van der Waals surface area contributed by atoms with Gasteiger partial charge in [0.25, 0.3) is 0 Å². The number of ketones is 1. The third-order valence-corrected chi connectivity index (χ3v) is 2.55. The highest BCUT2D eigenvalue weighted by Crippen LogP contribution is 2.10. The highest BCUT2D eigenvalue weighted by atomic mass is 16.2. The number of carbonyl (C=O) groups is 2. The monoisotopic (exact) mass is 234 g/mol. The van der Waals surface area contributed by atoms with E-state index in [1.807, 2.05) is 31.3 Å². The Bertz CT molecular complexity index is 398. The summed E-state index contributed by atoms with van der Waals surface area (Å²) < 4.78 is 0. The van der Waals surface area contributed by atoms with E-state index in [-0.39, 0.29) is 11.7 Å². The average molecular weight is 234 g/mol. The molecule has 0 saturated carbocycles. The number of hydrogen-bond acceptors (Lipinski definition) is 3. The van der Waals surface area contributed by atoms with Crippen molar-refractivity contribution in [2.45, 2.75) is 26.3 Å². The highest BCUT2D eigenvalue weighted by Gasteiger charge is 2.15. The number of anilines is 1. The molecule has 0 aliphatic rings. The maximum atomic E-state index is 11.4. The van der Waals surface area contributed by atoms with E-state index >= 15 is 0 Å². The molecule has 0 bridgehead atoms. The topological polar surface area (TPSA) is 58.2 Å². The molecule has 1 amide bonds. The fourth-order valence-electron chi connectivity index (χ4n) is 1.58. The van der Waals surface area contributed by atoms with Gasteiger partial charge >= 0.3 is 0 Å². The van der Waals surface area contributed by atoms with Gasteiger partial charge in [0.15, 0.2) is 5.78 Å². The van der Waals surface area contributed by atoms with Crippen LogP contribution in [0.2, 0.25) is 0 Å². The van der Waals surface area contributed by atoms with Crippen LogP contribution in [0.15, 0.2) is 24.3 Å². The summed E-state index contributed by atoms with van der Waals surface area (Å²) in [6.07, 6.45) is 0.527. The largest absolute Gasteiger partial charge is 0.388 e. The number of rotatable bonds is 5. The first kappa shape index (κ1) is 13.2. The number of Topliss-reactive ketones (excluding diaryl/α,β-unsaturated/α-hetero) is 1. The van der Waals surface area contributed by atoms with Crippen LogP contribution in [0.5, 0.6) is 0 Å². The predicted octanol–water partition coefficient (Wildman–Crippen LogP) is 1.36. The zero-order chi connectivity index (χ0) is 12.8. The van der Waals surface area contributed by atoms with Crippen molar-refractivity contribution in [2.75, 3.05) is 12.4 Å². The summed E-state index contributed by atoms with van der Waals surface area (Å²) >= 11 is 0. The molecule has 1 atom stereocenters. The predicted molar refractivity (Wildman–Crippen MR) is 68.0 cm³/mol. The summed E-state index contributed by atoms with van der Waals surface area (Å²) in [5.74, 6) is -0.213. The molecule has 4 nitrogen and oxygen atoms in total. The molecule has 1 aromatic carbocycles. The summed E-state index contributed by atoms with van der Waals surface area (Å²) in [5.41, 5.74) is 2.05. The summed E-state index contributed by atoms with van der Waals surface area (Å²) in [4.78, 5) is 22.4. The lowest BCUT2D eigenvalue weighted by atomic mass is 10.0. The van der Waals surface area contributed by atoms with Crippen molar-refractivity contribution in [1.29, 1.82) is 0 Å². The van der Waals surface area contributed by atoms with E-state index in [9.17, 15) is 9.59 Å². The molecule has 1 rings (SSSR count). The molecule has 2 N–H and O–H groups in total. The van der Waals surface area contributed by atoms with Crippen LogP contribution in [-0.4, -0.2) is 24.8 Å². The van der Waals surface area contributed by atoms with Crippen molar-refractivity contribution in [3.63, 3.8) is 0 Å². The third kappa shape index (κ3) is 4.26. The minimum Gasteiger partial charge on any atom is -0.388 e. The Hall–Kier alpha value is -1.84. The minimum absolute atomic E-state index is 0.0297. The summed E-state index contributed by atoms with van der Waals surface area (Å²) in [6.45, 7) is 2.91. The van der Waals surface area contributed by atoms with Gasteiger partial charge in [-0.3, -0.25) is 9.59 Å². The Morgan fingerprint density at radius 3 is 2.18 bits per heavy atom. The van der Waals surface area contributed by atoms with Gasteiger partial charge in [-0.25, -0.2) is 0 Å². The van der Waals surface area contributed by atoms with Gasteiger partial charge < -0.3 is 10.6 Å². The first-order valence-electron chi connectivity index (χ1n) is 5.57. The van der Waals surface area contributed by atoms with Crippen LogP contribution in [-0.2, 0) is 16.0 Å². The molecule has 0 fully saturated rings. The van der Waals surface area contributed by atoms with Gasteiger partial charge in [-0.2, -0.15) is 0 Å². The Morgan fingerprint density at radius 2 is 1.76 bits per heavy atom. The van der Waals surface area contributed by atoms with Gasteiger partial charge in [-0.05, 0) is 31.0 Å². The van der Waals surface area contributed by atoms with Crippen LogP contribution in [0, 0.1) is 0 Å². The first-order chi connectivity index (χ1) is 8.02. The number of benzene rings is 1. The maximum absolute atomic E-state index is 11.4. The van der Waals surface area contributed by atoms with Crippen molar-refractivity contribution in [1.82, 2.24) is 5.32 Å². The SMILES string of the molecule is CNc1ccc(C[C@H](NC(C)=O)C(C)=O)cc1. The normalized spacial score (nSPS) is 11.7. The quantitative estimate of drug-likeness (QED) is 0.809. The molecule has 0 aliphatic heterocycles. The van der Waals surface area contributed by atoms with E-state index in [4.69, 9.17) is 0 Å². The van der Waals surface area contributed by atoms with Crippen molar-refractivity contribution in [2.24, 2.45) is 0 Å². The second-order valence-corrected chi connectivity index (χ2v) is 4.01. The van der Waals surface area contributed by atoms with E-state index in [1.54, 1.807) is 0 Å². The van der Waals surface area contributed by atoms with Crippen LogP contribution in [0.25, 0.3) is 0 Å². The zero-order valence-electron chi connectivity index (χ0n) is 10.4. The van der Waals surface area contributed by atoms with Gasteiger partial charge in [-0.1, -0.05) is 12.1 Å². The lowest BCUT2D eigenvalue weighted by Gasteiger charge is -2.14. The second kappa shape index (κ2) is 6.03. The lowest BCUT2D eigenvalue weighted by molar-refractivity contribution is -0.125. The Labute approximate surface area is 101 Å². The summed E-state index contributed by atoms with van der Waals surface area (Å²) in [6, 6.07) is 7.35. The van der Waals surface area contributed by atoms with Gasteiger partial charge in [-0.15, -0.1) is 0 Å². The standard InChI is InChI=1S/C13H18N2O2/c1-9(16)13(15-10(2)17)8-11-4-6-12(14-3)7-5-11/h4-7,13-14H,8H2,1-3H3,(H,15,17)/t13-/m0/s1. The molecule has 0 radical (unpaired) electrons. The third-order valence-electron chi connectivity index (χ3n) is 2.55. The van der Waals surface area contributed by atoms with Gasteiger partial charge in [0.05, 0.1) is 6.04 Å². The Kier molecular flexibility index (Phi) is 4.69. The van der Waals surface area contributed by atoms with Gasteiger partial charge in [0.1, 0.15) is 0 Å². The molecular weight excluding hydrogens is 216 g/mol. The first-order valence-corrected chi connectivity index (χ1v) is 5.57. The number of carbonyl (C=O) groups excluding carboxylic acids is 2. The number of nitrogens with one attached hydrogen (secondary N) is 2. The van der Waals surface area contributed by atoms with Crippen LogP contribution in [0.1, 0.15) is 19.4 Å². The van der Waals surface area contributed by atoms with Crippen LogP contribution < -0.4 is 10.6 Å². The molecule has 0 unspecified atom stereocenters. The molecule has 17 heavy (non-hydrogen) atoms. The van der Waals surface area contributed by atoms with E-state index < -0.39 is 6.04 Å². The van der Waals surface area contributed by atoms with E-state index in [0.717, 1.165) is 11.3 Å². The van der Waals surface area contributed by atoms with Crippen LogP contribution in [0.4, 0.5) is 5.69 Å². The van der Waals surface area contributed by atoms with E-state index in [1.165, 1.54) is 13.8 Å². The smallest absolute Gasteiger partial charge is 0.217 e. The lowest BCUT2D eigenvalue weighted by Crippen LogP contribution is -2.40. The Morgan fingerprint density at radius 1 is 1.18 bits per heavy atom. The van der Waals surface area contributed by atoms with Crippen molar-refractivity contribution >= 4 is 17.4 Å². The number of hydrogen-bond donors (Lipinski definition) is 2. The zero-order valence-corrected chi connectivity index (χ0v) is 10.4. The molecule has 4 heteroatoms. The van der Waals surface area contributed by atoms with Crippen molar-refractivity contribution in [3.05, 3.63) is 29.8 Å². The highest BCUT2D eigenvalue weighted by molar-refractivity contribution is 5.86. The van der Waals surface area contributed by atoms with Crippen molar-refractivity contribution in [3.8, 4) is 0 Å². The van der Waals surface area contributed by atoms with Gasteiger partial charge in [0, 0.05) is 19.7 Å². The second-order valence-electron chi connectivity index (χ2n) is 4.01. The van der Waals surface area contributed by atoms with E-state index in [0.29, 0.717) is 6.42 Å². The molecule has 0 aliphatic carbocycles. The van der Waals surface area contributed by atoms with E-state index in [2.05, 4.69) is 10.6 Å². The summed E-state index contributed by atoms with van der Waals surface area (Å²) in [5, 5.41) is 5.68. The van der Waals surface area contributed by atoms with Gasteiger partial charge in [0.2, 0.25) is 5.91 Å². The molecular formula is C13H18N2O2. The number of amides is 1. The fraction of sp³-hybridized carbons (Fsp3) is 0.385. The Balaban J connectivity index is 2.71. The molecule has 0 aromatic heterocycles. The molecule has 0 heterocycles. The maximum Gasteiger partial charge on any atom is 0.217 e. The molecule has 1 aromatic rings. The van der Waals surface area contributed by atoms with Crippen LogP contribution >= 0.6 is 0 Å². The summed E-state index contributed by atoms with van der Waals surface area (Å²) in [7, 11) is 1.85. The molecule has 0 saturated heterocycles. The average Bonchev–Trinajstić information content (AvgIpc) is 2.28. The van der Waals surface area contributed by atoms with Crippen molar-refractivity contribution < 1.29 is 9.59 Å². The molecule has 92 valence electrons. The molecule has 0 spiro atoms.